The van der Waals surface area contributed by atoms with E-state index in [1.165, 1.54) is 43.8 Å². The summed E-state index contributed by atoms with van der Waals surface area (Å²) in [6.45, 7) is 0. The van der Waals surface area contributed by atoms with Crippen LogP contribution in [0.5, 0.6) is 0 Å². The first-order valence-corrected chi connectivity index (χ1v) is 19.0. The van der Waals surface area contributed by atoms with E-state index in [0.29, 0.717) is 5.89 Å². The Kier molecular flexibility index (Phi) is 7.49. The lowest BCUT2D eigenvalue weighted by atomic mass is 9.92. The lowest BCUT2D eigenvalue weighted by Crippen LogP contribution is -2.10. The molecule has 0 atom stereocenters. The quantitative estimate of drug-likeness (QED) is 0.161. The normalized spacial score (nSPS) is 11.6. The van der Waals surface area contributed by atoms with Gasteiger partial charge >= 0.3 is 0 Å². The van der Waals surface area contributed by atoms with Gasteiger partial charge in [-0.05, 0) is 127 Å². The first-order valence-electron chi connectivity index (χ1n) is 19.0. The van der Waals surface area contributed by atoms with Crippen molar-refractivity contribution in [3.8, 4) is 33.7 Å². The van der Waals surface area contributed by atoms with Crippen molar-refractivity contribution in [1.82, 2.24) is 4.98 Å². The van der Waals surface area contributed by atoms with Crippen molar-refractivity contribution in [3.05, 3.63) is 206 Å². The van der Waals surface area contributed by atoms with Crippen molar-refractivity contribution in [2.75, 3.05) is 4.90 Å². The molecule has 0 bridgehead atoms. The van der Waals surface area contributed by atoms with Gasteiger partial charge in [0, 0.05) is 28.0 Å². The van der Waals surface area contributed by atoms with Gasteiger partial charge in [-0.15, -0.1) is 0 Å². The highest BCUT2D eigenvalue weighted by Gasteiger charge is 2.20. The average Bonchev–Trinajstić information content (AvgIpc) is 3.72. The number of oxazole rings is 1. The molecule has 262 valence electrons. The van der Waals surface area contributed by atoms with E-state index in [0.717, 1.165) is 55.3 Å². The summed E-state index contributed by atoms with van der Waals surface area (Å²) in [5.41, 5.74) is 10.6. The van der Waals surface area contributed by atoms with E-state index in [4.69, 9.17) is 9.40 Å². The van der Waals surface area contributed by atoms with Crippen LogP contribution in [0, 0.1) is 0 Å². The smallest absolute Gasteiger partial charge is 0.227 e. The number of nitrogens with zero attached hydrogens (tertiary/aromatic N) is 2. The molecule has 0 N–H and O–H groups in total. The highest BCUT2D eigenvalue weighted by Crippen LogP contribution is 2.45. The Hall–Kier alpha value is -7.49. The summed E-state index contributed by atoms with van der Waals surface area (Å²) in [6, 6.07) is 73.6. The monoisotopic (exact) mass is 714 g/mol. The molecule has 11 aromatic rings. The molecule has 56 heavy (non-hydrogen) atoms. The molecule has 0 amide bonds. The first kappa shape index (κ1) is 32.0. The second-order valence-corrected chi connectivity index (χ2v) is 14.3. The third-order valence-corrected chi connectivity index (χ3v) is 11.0. The number of rotatable bonds is 6. The Morgan fingerprint density at radius 1 is 0.357 bits per heavy atom. The van der Waals surface area contributed by atoms with Gasteiger partial charge in [-0.3, -0.25) is 0 Å². The van der Waals surface area contributed by atoms with Crippen LogP contribution in [0.25, 0.3) is 87.9 Å². The van der Waals surface area contributed by atoms with Gasteiger partial charge in [0.25, 0.3) is 0 Å². The zero-order chi connectivity index (χ0) is 37.0. The van der Waals surface area contributed by atoms with Gasteiger partial charge in [-0.25, -0.2) is 4.98 Å². The first-order chi connectivity index (χ1) is 27.8. The van der Waals surface area contributed by atoms with E-state index in [2.05, 4.69) is 181 Å². The Balaban J connectivity index is 1.19. The molecule has 0 spiro atoms. The van der Waals surface area contributed by atoms with Crippen LogP contribution in [0.2, 0.25) is 0 Å². The molecule has 3 nitrogen and oxygen atoms in total. The zero-order valence-corrected chi connectivity index (χ0v) is 30.4. The molecule has 1 heterocycles. The molecule has 11 rings (SSSR count). The fraction of sp³-hybridized carbons (Fsp3) is 0. The van der Waals surface area contributed by atoms with E-state index in [1.54, 1.807) is 0 Å². The van der Waals surface area contributed by atoms with Gasteiger partial charge in [0.05, 0.1) is 0 Å². The largest absolute Gasteiger partial charge is 0.435 e. The van der Waals surface area contributed by atoms with Crippen LogP contribution < -0.4 is 4.90 Å². The number of para-hydroxylation sites is 1. The summed E-state index contributed by atoms with van der Waals surface area (Å²) in [5.74, 6) is 0.619. The second kappa shape index (κ2) is 13.1. The SMILES string of the molecule is c1ccc(-c2nc3ccc4cc(-c5ccccc5)c5ccc(N(c6ccccc6)c6ccc7c(-c8ccccc8)cc8ccccc8c7c6)cc5c4c3o2)cc1. The molecule has 0 saturated heterocycles. The van der Waals surface area contributed by atoms with E-state index in [-0.39, 0.29) is 0 Å². The number of benzene rings is 10. The minimum absolute atomic E-state index is 0.619. The van der Waals surface area contributed by atoms with Gasteiger partial charge in [0.15, 0.2) is 5.58 Å². The Bertz CT molecular complexity index is 3230. The molecular weight excluding hydrogens is 681 g/mol. The van der Waals surface area contributed by atoms with Gasteiger partial charge in [0.2, 0.25) is 5.89 Å². The third-order valence-electron chi connectivity index (χ3n) is 11.0. The summed E-state index contributed by atoms with van der Waals surface area (Å²) in [7, 11) is 0. The van der Waals surface area contributed by atoms with Gasteiger partial charge in [-0.1, -0.05) is 140 Å². The molecule has 1 aromatic heterocycles. The Morgan fingerprint density at radius 3 is 1.55 bits per heavy atom. The standard InChI is InChI=1S/C53H34N2O/c1-5-15-35(16-6-1)46-31-38-21-13-14-24-43(38)48-33-41(26-28-44(46)48)55(40-22-11-4-12-23-40)42-27-29-45-47(36-17-7-2-8-18-36)32-39-25-30-50-52(51(39)49(45)34-42)56-53(54-50)37-19-9-3-10-20-37/h1-34H. The topological polar surface area (TPSA) is 29.3 Å². The number of aromatic nitrogens is 1. The van der Waals surface area contributed by atoms with Crippen LogP contribution in [-0.4, -0.2) is 4.98 Å². The number of anilines is 3. The summed E-state index contributed by atoms with van der Waals surface area (Å²) >= 11 is 0. The summed E-state index contributed by atoms with van der Waals surface area (Å²) in [5, 5.41) is 9.32. The molecule has 0 saturated carbocycles. The predicted molar refractivity (Wildman–Crippen MR) is 235 cm³/mol. The van der Waals surface area contributed by atoms with E-state index in [1.807, 2.05) is 30.3 Å². The van der Waals surface area contributed by atoms with Gasteiger partial charge in [-0.2, -0.15) is 0 Å². The molecule has 0 radical (unpaired) electrons. The maximum absolute atomic E-state index is 6.70. The molecular formula is C53H34N2O. The van der Waals surface area contributed by atoms with Crippen molar-refractivity contribution in [3.63, 3.8) is 0 Å². The fourth-order valence-electron chi connectivity index (χ4n) is 8.42. The van der Waals surface area contributed by atoms with E-state index >= 15 is 0 Å². The average molecular weight is 715 g/mol. The van der Waals surface area contributed by atoms with Crippen molar-refractivity contribution >= 4 is 71.3 Å². The minimum Gasteiger partial charge on any atom is -0.435 e. The van der Waals surface area contributed by atoms with Crippen LogP contribution >= 0.6 is 0 Å². The Morgan fingerprint density at radius 2 is 0.893 bits per heavy atom. The minimum atomic E-state index is 0.619. The van der Waals surface area contributed by atoms with E-state index in [9.17, 15) is 0 Å². The van der Waals surface area contributed by atoms with Crippen LogP contribution in [0.1, 0.15) is 0 Å². The molecule has 3 heteroatoms. The number of hydrogen-bond donors (Lipinski definition) is 0. The second-order valence-electron chi connectivity index (χ2n) is 14.3. The van der Waals surface area contributed by atoms with Crippen molar-refractivity contribution in [2.24, 2.45) is 0 Å². The highest BCUT2D eigenvalue weighted by molar-refractivity contribution is 6.22. The van der Waals surface area contributed by atoms with Crippen LogP contribution in [0.4, 0.5) is 17.1 Å². The van der Waals surface area contributed by atoms with Crippen molar-refractivity contribution < 1.29 is 4.42 Å². The third kappa shape index (κ3) is 5.32. The molecule has 0 aliphatic carbocycles. The zero-order valence-electron chi connectivity index (χ0n) is 30.4. The summed E-state index contributed by atoms with van der Waals surface area (Å²) < 4.78 is 6.70. The van der Waals surface area contributed by atoms with Crippen LogP contribution in [-0.2, 0) is 0 Å². The molecule has 0 aliphatic rings. The van der Waals surface area contributed by atoms with Crippen molar-refractivity contribution in [2.45, 2.75) is 0 Å². The molecule has 0 aliphatic heterocycles. The van der Waals surface area contributed by atoms with Crippen LogP contribution in [0.3, 0.4) is 0 Å². The maximum Gasteiger partial charge on any atom is 0.227 e. The number of fused-ring (bicyclic) bond motifs is 8. The summed E-state index contributed by atoms with van der Waals surface area (Å²) in [4.78, 5) is 7.35. The summed E-state index contributed by atoms with van der Waals surface area (Å²) in [6.07, 6.45) is 0. The lowest BCUT2D eigenvalue weighted by Gasteiger charge is -2.27. The van der Waals surface area contributed by atoms with Crippen molar-refractivity contribution in [1.29, 1.82) is 0 Å². The Labute approximate surface area is 324 Å². The fourth-order valence-corrected chi connectivity index (χ4v) is 8.42. The predicted octanol–water partition coefficient (Wildman–Crippen LogP) is 14.9. The molecule has 0 unspecified atom stereocenters. The van der Waals surface area contributed by atoms with E-state index < -0.39 is 0 Å². The molecule has 0 fully saturated rings. The highest BCUT2D eigenvalue weighted by atomic mass is 16.3. The van der Waals surface area contributed by atoms with Gasteiger partial charge < -0.3 is 9.32 Å². The molecule has 10 aromatic carbocycles. The lowest BCUT2D eigenvalue weighted by molar-refractivity contribution is 0.623. The number of hydrogen-bond acceptors (Lipinski definition) is 3. The van der Waals surface area contributed by atoms with Crippen LogP contribution in [0.15, 0.2) is 211 Å². The van der Waals surface area contributed by atoms with Gasteiger partial charge in [0.1, 0.15) is 5.52 Å². The maximum atomic E-state index is 6.70.